The van der Waals surface area contributed by atoms with Gasteiger partial charge in [-0.25, -0.2) is 0 Å². The summed E-state index contributed by atoms with van der Waals surface area (Å²) in [5.74, 6) is 1.37. The van der Waals surface area contributed by atoms with Crippen molar-refractivity contribution < 1.29 is 18.7 Å². The van der Waals surface area contributed by atoms with Crippen LogP contribution in [0, 0.1) is 0 Å². The molecular weight excluding hydrogens is 350 g/mol. The van der Waals surface area contributed by atoms with E-state index >= 15 is 0 Å². The number of nitrogens with zero attached hydrogens (tertiary/aromatic N) is 1. The summed E-state index contributed by atoms with van der Waals surface area (Å²) >= 11 is 1.64. The van der Waals surface area contributed by atoms with Crippen LogP contribution >= 0.6 is 11.3 Å². The van der Waals surface area contributed by atoms with E-state index in [2.05, 4.69) is 0 Å². The van der Waals surface area contributed by atoms with Crippen molar-refractivity contribution in [2.45, 2.75) is 13.1 Å². The Bertz CT molecular complexity index is 864. The van der Waals surface area contributed by atoms with E-state index in [0.29, 0.717) is 18.8 Å². The van der Waals surface area contributed by atoms with E-state index < -0.39 is 0 Å². The topological polar surface area (TPSA) is 51.9 Å². The number of hydrogen-bond acceptors (Lipinski definition) is 5. The molecule has 3 heterocycles. The first kappa shape index (κ1) is 16.5. The maximum Gasteiger partial charge on any atom is 0.247 e. The van der Waals surface area contributed by atoms with Crippen LogP contribution in [0.5, 0.6) is 11.5 Å². The molecule has 0 unspecified atom stereocenters. The van der Waals surface area contributed by atoms with Crippen molar-refractivity contribution >= 4 is 23.3 Å². The zero-order chi connectivity index (χ0) is 17.8. The second kappa shape index (κ2) is 7.49. The van der Waals surface area contributed by atoms with Crippen molar-refractivity contribution in [3.63, 3.8) is 0 Å². The molecule has 132 valence electrons. The van der Waals surface area contributed by atoms with Crippen molar-refractivity contribution in [2.75, 3.05) is 6.79 Å². The number of hydrogen-bond donors (Lipinski definition) is 0. The number of carbonyl (C=O) groups is 1. The van der Waals surface area contributed by atoms with Gasteiger partial charge in [-0.3, -0.25) is 4.79 Å². The maximum atomic E-state index is 12.8. The van der Waals surface area contributed by atoms with Gasteiger partial charge in [0.25, 0.3) is 0 Å². The highest BCUT2D eigenvalue weighted by Gasteiger charge is 2.15. The molecule has 0 saturated heterocycles. The van der Waals surface area contributed by atoms with Crippen LogP contribution in [0.4, 0.5) is 0 Å². The smallest absolute Gasteiger partial charge is 0.247 e. The van der Waals surface area contributed by atoms with Crippen LogP contribution in [0.1, 0.15) is 16.0 Å². The van der Waals surface area contributed by atoms with Crippen LogP contribution in [0.25, 0.3) is 6.08 Å². The molecule has 0 bridgehead atoms. The molecule has 0 aliphatic carbocycles. The highest BCUT2D eigenvalue weighted by atomic mass is 32.1. The number of furan rings is 1. The van der Waals surface area contributed by atoms with Crippen LogP contribution in [0.2, 0.25) is 0 Å². The average molecular weight is 367 g/mol. The Kier molecular flexibility index (Phi) is 4.75. The third-order valence-electron chi connectivity index (χ3n) is 4.01. The molecule has 6 heteroatoms. The fourth-order valence-electron chi connectivity index (χ4n) is 2.70. The van der Waals surface area contributed by atoms with Crippen molar-refractivity contribution in [1.29, 1.82) is 0 Å². The molecule has 3 aromatic rings. The molecule has 1 aromatic carbocycles. The average Bonchev–Trinajstić information content (AvgIpc) is 3.40. The van der Waals surface area contributed by atoms with Crippen LogP contribution in [0.3, 0.4) is 0 Å². The summed E-state index contributed by atoms with van der Waals surface area (Å²) in [6, 6.07) is 11.5. The van der Waals surface area contributed by atoms with Crippen molar-refractivity contribution in [3.05, 3.63) is 76.4 Å². The largest absolute Gasteiger partial charge is 0.472 e. The zero-order valence-electron chi connectivity index (χ0n) is 14.0. The van der Waals surface area contributed by atoms with E-state index in [9.17, 15) is 4.79 Å². The van der Waals surface area contributed by atoms with Gasteiger partial charge in [0.15, 0.2) is 11.5 Å². The molecular formula is C20H17NO4S. The van der Waals surface area contributed by atoms with Crippen LogP contribution < -0.4 is 9.47 Å². The van der Waals surface area contributed by atoms with E-state index in [-0.39, 0.29) is 12.7 Å². The van der Waals surface area contributed by atoms with E-state index in [1.165, 1.54) is 0 Å². The molecule has 26 heavy (non-hydrogen) atoms. The van der Waals surface area contributed by atoms with Gasteiger partial charge in [-0.1, -0.05) is 12.1 Å². The fraction of sp³-hybridized carbons (Fsp3) is 0.150. The molecule has 1 aliphatic rings. The first-order chi connectivity index (χ1) is 12.8. The number of carbonyl (C=O) groups excluding carboxylic acids is 1. The van der Waals surface area contributed by atoms with E-state index in [4.69, 9.17) is 13.9 Å². The van der Waals surface area contributed by atoms with Gasteiger partial charge in [0, 0.05) is 23.1 Å². The highest BCUT2D eigenvalue weighted by Crippen LogP contribution is 2.32. The minimum absolute atomic E-state index is 0.0581. The summed E-state index contributed by atoms with van der Waals surface area (Å²) in [5.41, 5.74) is 1.85. The van der Waals surface area contributed by atoms with Crippen LogP contribution in [0.15, 0.2) is 64.8 Å². The summed E-state index contributed by atoms with van der Waals surface area (Å²) in [5, 5.41) is 2.01. The normalized spacial score (nSPS) is 12.6. The van der Waals surface area contributed by atoms with Gasteiger partial charge in [-0.05, 0) is 41.3 Å². The van der Waals surface area contributed by atoms with Crippen molar-refractivity contribution in [1.82, 2.24) is 4.90 Å². The lowest BCUT2D eigenvalue weighted by Crippen LogP contribution is -2.27. The minimum Gasteiger partial charge on any atom is -0.472 e. The van der Waals surface area contributed by atoms with Crippen LogP contribution in [-0.4, -0.2) is 17.6 Å². The molecule has 0 N–H and O–H groups in total. The van der Waals surface area contributed by atoms with Gasteiger partial charge < -0.3 is 18.8 Å². The summed E-state index contributed by atoms with van der Waals surface area (Å²) < 4.78 is 15.8. The summed E-state index contributed by atoms with van der Waals surface area (Å²) in [7, 11) is 0. The fourth-order valence-corrected chi connectivity index (χ4v) is 3.41. The van der Waals surface area contributed by atoms with Crippen molar-refractivity contribution in [2.24, 2.45) is 0 Å². The summed E-state index contributed by atoms with van der Waals surface area (Å²) in [6.45, 7) is 1.30. The molecule has 0 atom stereocenters. The Balaban J connectivity index is 1.49. The predicted octanol–water partition coefficient (Wildman–Crippen LogP) is 4.31. The van der Waals surface area contributed by atoms with Gasteiger partial charge in [-0.15, -0.1) is 11.3 Å². The molecule has 0 spiro atoms. The predicted molar refractivity (Wildman–Crippen MR) is 98.9 cm³/mol. The Hall–Kier alpha value is -2.99. The number of rotatable bonds is 6. The van der Waals surface area contributed by atoms with Gasteiger partial charge in [-0.2, -0.15) is 0 Å². The van der Waals surface area contributed by atoms with Gasteiger partial charge >= 0.3 is 0 Å². The Morgan fingerprint density at radius 3 is 2.88 bits per heavy atom. The van der Waals surface area contributed by atoms with Gasteiger partial charge in [0.1, 0.15) is 0 Å². The molecule has 1 aliphatic heterocycles. The number of fused-ring (bicyclic) bond motifs is 1. The molecule has 0 fully saturated rings. The molecule has 1 amide bonds. The number of ether oxygens (including phenoxy) is 2. The van der Waals surface area contributed by atoms with Crippen LogP contribution in [-0.2, 0) is 17.9 Å². The quantitative estimate of drug-likeness (QED) is 0.609. The number of benzene rings is 1. The zero-order valence-corrected chi connectivity index (χ0v) is 14.8. The Labute approximate surface area is 155 Å². The minimum atomic E-state index is -0.0581. The van der Waals surface area contributed by atoms with Gasteiger partial charge in [0.05, 0.1) is 19.1 Å². The monoisotopic (exact) mass is 367 g/mol. The second-order valence-corrected chi connectivity index (χ2v) is 6.88. The van der Waals surface area contributed by atoms with E-state index in [1.807, 2.05) is 41.8 Å². The van der Waals surface area contributed by atoms with Crippen molar-refractivity contribution in [3.8, 4) is 11.5 Å². The Morgan fingerprint density at radius 1 is 1.15 bits per heavy atom. The lowest BCUT2D eigenvalue weighted by atomic mass is 10.2. The van der Waals surface area contributed by atoms with E-state index in [0.717, 1.165) is 21.8 Å². The lowest BCUT2D eigenvalue weighted by molar-refractivity contribution is -0.127. The van der Waals surface area contributed by atoms with E-state index in [1.54, 1.807) is 40.9 Å². The SMILES string of the molecule is O=C(/C=C/c1ccc2c(c1)OCO2)N(Cc1ccoc1)Cc1cccs1. The van der Waals surface area contributed by atoms with Gasteiger partial charge in [0.2, 0.25) is 12.7 Å². The summed E-state index contributed by atoms with van der Waals surface area (Å²) in [4.78, 5) is 15.7. The second-order valence-electron chi connectivity index (χ2n) is 5.85. The highest BCUT2D eigenvalue weighted by molar-refractivity contribution is 7.09. The number of thiophene rings is 1. The maximum absolute atomic E-state index is 12.8. The molecule has 5 nitrogen and oxygen atoms in total. The number of amides is 1. The lowest BCUT2D eigenvalue weighted by Gasteiger charge is -2.19. The third kappa shape index (κ3) is 3.81. The molecule has 0 radical (unpaired) electrons. The first-order valence-electron chi connectivity index (χ1n) is 8.18. The third-order valence-corrected chi connectivity index (χ3v) is 4.87. The first-order valence-corrected chi connectivity index (χ1v) is 9.06. The molecule has 0 saturated carbocycles. The summed E-state index contributed by atoms with van der Waals surface area (Å²) in [6.07, 6.45) is 6.66. The molecule has 2 aromatic heterocycles. The standard InChI is InChI=1S/C20H17NO4S/c22-20(6-4-15-3-5-18-19(10-15)25-14-24-18)21(11-16-7-8-23-13-16)12-17-2-1-9-26-17/h1-10,13H,11-12,14H2/b6-4+. The molecule has 4 rings (SSSR count). The Morgan fingerprint density at radius 2 is 2.08 bits per heavy atom.